The zero-order valence-corrected chi connectivity index (χ0v) is 14.8. The van der Waals surface area contributed by atoms with Crippen LogP contribution in [0.25, 0.3) is 11.5 Å². The van der Waals surface area contributed by atoms with Gasteiger partial charge in [-0.1, -0.05) is 0 Å². The fraction of sp³-hybridized carbons (Fsp3) is 0.188. The topological polar surface area (TPSA) is 79.4 Å². The van der Waals surface area contributed by atoms with E-state index in [9.17, 15) is 0 Å². The van der Waals surface area contributed by atoms with Crippen molar-refractivity contribution in [1.29, 1.82) is 0 Å². The molecule has 25 heavy (non-hydrogen) atoms. The maximum Gasteiger partial charge on any atom is 0.219 e. The highest BCUT2D eigenvalue weighted by atomic mass is 32.1. The van der Waals surface area contributed by atoms with E-state index in [1.807, 2.05) is 18.2 Å². The minimum absolute atomic E-state index is 0.442. The van der Waals surface area contributed by atoms with Crippen molar-refractivity contribution in [2.24, 2.45) is 12.1 Å². The van der Waals surface area contributed by atoms with Crippen LogP contribution in [0, 0.1) is 4.77 Å². The number of aromatic nitrogens is 5. The normalized spacial score (nSPS) is 11.0. The highest BCUT2D eigenvalue weighted by Crippen LogP contribution is 2.27. The van der Waals surface area contributed by atoms with Gasteiger partial charge < -0.3 is 9.47 Å². The molecule has 1 aromatic carbocycles. The average Bonchev–Trinajstić information content (AvgIpc) is 2.95. The Bertz CT molecular complexity index is 965. The second kappa shape index (κ2) is 7.22. The molecule has 0 spiro atoms. The van der Waals surface area contributed by atoms with E-state index >= 15 is 0 Å². The van der Waals surface area contributed by atoms with E-state index < -0.39 is 0 Å². The zero-order valence-electron chi connectivity index (χ0n) is 13.9. The number of rotatable bonds is 5. The predicted molar refractivity (Wildman–Crippen MR) is 95.6 cm³/mol. The molecule has 2 aromatic heterocycles. The zero-order chi connectivity index (χ0) is 17.8. The van der Waals surface area contributed by atoms with Crippen molar-refractivity contribution in [1.82, 2.24) is 24.4 Å². The Balaban J connectivity index is 2.01. The molecule has 2 heterocycles. The fourth-order valence-electron chi connectivity index (χ4n) is 2.19. The summed E-state index contributed by atoms with van der Waals surface area (Å²) in [6.07, 6.45) is 6.46. The number of benzene rings is 1. The molecule has 0 fully saturated rings. The third kappa shape index (κ3) is 3.41. The molecule has 0 N–H and O–H groups in total. The fourth-order valence-corrected chi connectivity index (χ4v) is 2.37. The van der Waals surface area contributed by atoms with Gasteiger partial charge in [0.05, 0.1) is 26.6 Å². The van der Waals surface area contributed by atoms with Gasteiger partial charge >= 0.3 is 0 Å². The van der Waals surface area contributed by atoms with E-state index in [1.54, 1.807) is 50.8 Å². The Morgan fingerprint density at radius 2 is 1.96 bits per heavy atom. The van der Waals surface area contributed by atoms with Gasteiger partial charge in [0.15, 0.2) is 11.5 Å². The number of methoxy groups -OCH3 is 2. The van der Waals surface area contributed by atoms with Crippen LogP contribution in [0.15, 0.2) is 41.9 Å². The molecule has 0 aliphatic carbocycles. The summed E-state index contributed by atoms with van der Waals surface area (Å²) in [6, 6.07) is 5.50. The summed E-state index contributed by atoms with van der Waals surface area (Å²) >= 11 is 5.37. The molecular weight excluding hydrogens is 340 g/mol. The maximum atomic E-state index is 5.37. The number of aryl methyl sites for hydroxylation is 1. The molecule has 0 amide bonds. The van der Waals surface area contributed by atoms with Crippen LogP contribution in [0.3, 0.4) is 0 Å². The lowest BCUT2D eigenvalue weighted by Crippen LogP contribution is -1.97. The molecule has 0 aliphatic rings. The highest BCUT2D eigenvalue weighted by Gasteiger charge is 2.12. The lowest BCUT2D eigenvalue weighted by Gasteiger charge is -2.07. The number of nitrogens with zero attached hydrogens (tertiary/aromatic N) is 6. The van der Waals surface area contributed by atoms with Gasteiger partial charge in [-0.2, -0.15) is 9.78 Å². The molecule has 0 saturated heterocycles. The van der Waals surface area contributed by atoms with Crippen molar-refractivity contribution in [2.75, 3.05) is 14.2 Å². The maximum absolute atomic E-state index is 5.37. The first-order chi connectivity index (χ1) is 12.1. The van der Waals surface area contributed by atoms with E-state index in [0.717, 1.165) is 5.56 Å². The van der Waals surface area contributed by atoms with Crippen LogP contribution >= 0.6 is 12.2 Å². The molecule has 0 bridgehead atoms. The van der Waals surface area contributed by atoms with Crippen molar-refractivity contribution in [3.63, 3.8) is 0 Å². The quantitative estimate of drug-likeness (QED) is 0.516. The summed E-state index contributed by atoms with van der Waals surface area (Å²) in [7, 11) is 4.93. The summed E-state index contributed by atoms with van der Waals surface area (Å²) in [6.45, 7) is 0. The number of hydrogen-bond donors (Lipinski definition) is 0. The first-order valence-electron chi connectivity index (χ1n) is 7.33. The van der Waals surface area contributed by atoms with Gasteiger partial charge in [0, 0.05) is 19.4 Å². The van der Waals surface area contributed by atoms with E-state index in [0.29, 0.717) is 27.8 Å². The summed E-state index contributed by atoms with van der Waals surface area (Å²) in [5.74, 6) is 1.78. The second-order valence-corrected chi connectivity index (χ2v) is 5.36. The molecule has 0 atom stereocenters. The van der Waals surface area contributed by atoms with Crippen molar-refractivity contribution in [3.8, 4) is 23.0 Å². The van der Waals surface area contributed by atoms with E-state index in [1.165, 1.54) is 4.68 Å². The van der Waals surface area contributed by atoms with Crippen LogP contribution in [-0.4, -0.2) is 44.9 Å². The first kappa shape index (κ1) is 16.8. The van der Waals surface area contributed by atoms with Gasteiger partial charge in [-0.25, -0.2) is 9.67 Å². The minimum Gasteiger partial charge on any atom is -0.493 e. The molecule has 8 nitrogen and oxygen atoms in total. The van der Waals surface area contributed by atoms with Crippen LogP contribution in [0.2, 0.25) is 0 Å². The van der Waals surface area contributed by atoms with E-state index in [4.69, 9.17) is 21.7 Å². The summed E-state index contributed by atoms with van der Waals surface area (Å²) < 4.78 is 14.1. The monoisotopic (exact) mass is 356 g/mol. The third-order valence-electron chi connectivity index (χ3n) is 3.43. The van der Waals surface area contributed by atoms with Crippen LogP contribution in [0.4, 0.5) is 0 Å². The Hall–Kier alpha value is -3.07. The predicted octanol–water partition coefficient (Wildman–Crippen LogP) is 2.31. The van der Waals surface area contributed by atoms with Crippen LogP contribution in [0.1, 0.15) is 5.56 Å². The molecule has 128 valence electrons. The van der Waals surface area contributed by atoms with Crippen molar-refractivity contribution in [3.05, 3.63) is 47.1 Å². The SMILES string of the molecule is COc1ccc(/C=N/n2c(-c3cnccn3)nn(C)c2=S)cc1OC. The smallest absolute Gasteiger partial charge is 0.219 e. The van der Waals surface area contributed by atoms with Crippen molar-refractivity contribution in [2.45, 2.75) is 0 Å². The average molecular weight is 356 g/mol. The largest absolute Gasteiger partial charge is 0.493 e. The Labute approximate surface area is 149 Å². The lowest BCUT2D eigenvalue weighted by molar-refractivity contribution is 0.355. The summed E-state index contributed by atoms with van der Waals surface area (Å²) in [5.41, 5.74) is 1.41. The minimum atomic E-state index is 0.442. The van der Waals surface area contributed by atoms with Crippen molar-refractivity contribution < 1.29 is 9.47 Å². The van der Waals surface area contributed by atoms with Gasteiger partial charge in [-0.15, -0.1) is 5.10 Å². The third-order valence-corrected chi connectivity index (χ3v) is 3.86. The summed E-state index contributed by atoms with van der Waals surface area (Å²) in [4.78, 5) is 8.31. The van der Waals surface area contributed by atoms with Crippen LogP contribution < -0.4 is 9.47 Å². The number of hydrogen-bond acceptors (Lipinski definition) is 7. The molecule has 0 unspecified atom stereocenters. The standard InChI is InChI=1S/C16H16N6O2S/c1-21-16(25)22(15(20-21)12-10-17-6-7-18-12)19-9-11-4-5-13(23-2)14(8-11)24-3/h4-10H,1-3H3/b19-9+. The molecule has 9 heteroatoms. The van der Waals surface area contributed by atoms with Gasteiger partial charge in [0.2, 0.25) is 10.6 Å². The molecule has 3 aromatic rings. The van der Waals surface area contributed by atoms with Crippen LogP contribution in [-0.2, 0) is 7.05 Å². The molecular formula is C16H16N6O2S. The van der Waals surface area contributed by atoms with Gasteiger partial charge in [-0.3, -0.25) is 4.98 Å². The van der Waals surface area contributed by atoms with Crippen LogP contribution in [0.5, 0.6) is 11.5 Å². The highest BCUT2D eigenvalue weighted by molar-refractivity contribution is 7.71. The Kier molecular flexibility index (Phi) is 4.85. The Morgan fingerprint density at radius 1 is 1.16 bits per heavy atom. The van der Waals surface area contributed by atoms with Gasteiger partial charge in [-0.05, 0) is 36.0 Å². The van der Waals surface area contributed by atoms with Crippen molar-refractivity contribution >= 4 is 18.4 Å². The van der Waals surface area contributed by atoms with E-state index in [2.05, 4.69) is 20.2 Å². The molecule has 3 rings (SSSR count). The molecule has 0 radical (unpaired) electrons. The Morgan fingerprint density at radius 3 is 2.64 bits per heavy atom. The lowest BCUT2D eigenvalue weighted by atomic mass is 10.2. The second-order valence-electron chi connectivity index (χ2n) is 4.99. The van der Waals surface area contributed by atoms with E-state index in [-0.39, 0.29) is 0 Å². The summed E-state index contributed by atoms with van der Waals surface area (Å²) in [5, 5.41) is 8.81. The van der Waals surface area contributed by atoms with Gasteiger partial charge in [0.25, 0.3) is 0 Å². The first-order valence-corrected chi connectivity index (χ1v) is 7.73. The number of ether oxygens (including phenoxy) is 2. The molecule has 0 aliphatic heterocycles. The van der Waals surface area contributed by atoms with Gasteiger partial charge in [0.1, 0.15) is 5.69 Å². The molecule has 0 saturated carbocycles.